The standard InChI is InChI=1S/C19H23NO4S/c1-15-8-10-17(11-9-15)25(21,22)24-18-19(2,23-13-12-20-18)14-16-6-4-3-5-7-16/h3-11,18,20H,12-14H2,1-2H3. The van der Waals surface area contributed by atoms with Gasteiger partial charge in [0.1, 0.15) is 5.60 Å². The molecule has 2 aromatic rings. The van der Waals surface area contributed by atoms with Crippen LogP contribution in [0, 0.1) is 6.92 Å². The van der Waals surface area contributed by atoms with Crippen LogP contribution in [0.1, 0.15) is 18.1 Å². The van der Waals surface area contributed by atoms with Crippen LogP contribution in [-0.2, 0) is 25.5 Å². The van der Waals surface area contributed by atoms with Gasteiger partial charge in [-0.1, -0.05) is 48.0 Å². The molecule has 0 radical (unpaired) electrons. The van der Waals surface area contributed by atoms with Crippen molar-refractivity contribution in [3.8, 4) is 0 Å². The van der Waals surface area contributed by atoms with Gasteiger partial charge in [0.2, 0.25) is 0 Å². The average molecular weight is 361 g/mol. The molecule has 1 fully saturated rings. The van der Waals surface area contributed by atoms with Gasteiger partial charge in [-0.25, -0.2) is 4.18 Å². The largest absolute Gasteiger partial charge is 0.369 e. The SMILES string of the molecule is Cc1ccc(S(=O)(=O)OC2NCCOC2(C)Cc2ccccc2)cc1. The molecular weight excluding hydrogens is 338 g/mol. The van der Waals surface area contributed by atoms with Crippen molar-refractivity contribution in [2.24, 2.45) is 0 Å². The maximum absolute atomic E-state index is 12.6. The zero-order valence-electron chi connectivity index (χ0n) is 14.4. The molecule has 6 heteroatoms. The second kappa shape index (κ2) is 7.25. The van der Waals surface area contributed by atoms with Gasteiger partial charge in [-0.15, -0.1) is 0 Å². The van der Waals surface area contributed by atoms with Crippen molar-refractivity contribution in [1.29, 1.82) is 0 Å². The van der Waals surface area contributed by atoms with E-state index in [-0.39, 0.29) is 4.90 Å². The molecule has 1 aliphatic rings. The molecule has 2 atom stereocenters. The van der Waals surface area contributed by atoms with Crippen LogP contribution >= 0.6 is 0 Å². The topological polar surface area (TPSA) is 64.6 Å². The summed E-state index contributed by atoms with van der Waals surface area (Å²) >= 11 is 0. The number of rotatable bonds is 5. The van der Waals surface area contributed by atoms with Gasteiger partial charge >= 0.3 is 0 Å². The molecule has 0 aromatic heterocycles. The van der Waals surface area contributed by atoms with Crippen molar-refractivity contribution >= 4 is 10.1 Å². The van der Waals surface area contributed by atoms with E-state index in [1.807, 2.05) is 44.2 Å². The van der Waals surface area contributed by atoms with Gasteiger partial charge in [0.05, 0.1) is 11.5 Å². The third kappa shape index (κ3) is 4.27. The van der Waals surface area contributed by atoms with E-state index in [1.54, 1.807) is 24.3 Å². The Bertz CT molecular complexity index is 805. The quantitative estimate of drug-likeness (QED) is 0.830. The van der Waals surface area contributed by atoms with Crippen molar-refractivity contribution in [2.45, 2.75) is 37.0 Å². The maximum Gasteiger partial charge on any atom is 0.298 e. The Labute approximate surface area is 149 Å². The van der Waals surface area contributed by atoms with Crippen LogP contribution in [0.15, 0.2) is 59.5 Å². The number of hydrogen-bond acceptors (Lipinski definition) is 5. The van der Waals surface area contributed by atoms with E-state index in [9.17, 15) is 8.42 Å². The number of morpholine rings is 1. The highest BCUT2D eigenvalue weighted by Gasteiger charge is 2.42. The Kier molecular flexibility index (Phi) is 5.24. The van der Waals surface area contributed by atoms with Crippen molar-refractivity contribution in [3.63, 3.8) is 0 Å². The third-order valence-electron chi connectivity index (χ3n) is 4.35. The van der Waals surface area contributed by atoms with Crippen LogP contribution < -0.4 is 5.32 Å². The van der Waals surface area contributed by atoms with E-state index in [4.69, 9.17) is 8.92 Å². The molecule has 1 saturated heterocycles. The summed E-state index contributed by atoms with van der Waals surface area (Å²) in [5.41, 5.74) is 1.28. The summed E-state index contributed by atoms with van der Waals surface area (Å²) < 4.78 is 36.7. The van der Waals surface area contributed by atoms with Crippen molar-refractivity contribution in [2.75, 3.05) is 13.2 Å². The fourth-order valence-electron chi connectivity index (χ4n) is 2.93. The molecule has 5 nitrogen and oxygen atoms in total. The molecular formula is C19H23NO4S. The molecule has 1 heterocycles. The van der Waals surface area contributed by atoms with Gasteiger partial charge in [-0.05, 0) is 31.5 Å². The number of ether oxygens (including phenoxy) is 1. The number of benzene rings is 2. The molecule has 0 spiro atoms. The van der Waals surface area contributed by atoms with Gasteiger partial charge < -0.3 is 4.74 Å². The highest BCUT2D eigenvalue weighted by atomic mass is 32.2. The number of hydrogen-bond donors (Lipinski definition) is 1. The van der Waals surface area contributed by atoms with Gasteiger partial charge in [0.25, 0.3) is 10.1 Å². The summed E-state index contributed by atoms with van der Waals surface area (Å²) in [6.07, 6.45) is -0.206. The second-order valence-electron chi connectivity index (χ2n) is 6.52. The predicted octanol–water partition coefficient (Wildman–Crippen LogP) is 2.65. The molecule has 0 aliphatic carbocycles. The lowest BCUT2D eigenvalue weighted by atomic mass is 9.93. The summed E-state index contributed by atoms with van der Waals surface area (Å²) in [6.45, 7) is 4.83. The first-order valence-corrected chi connectivity index (χ1v) is 9.71. The smallest absolute Gasteiger partial charge is 0.298 e. The van der Waals surface area contributed by atoms with Gasteiger partial charge in [-0.3, -0.25) is 5.32 Å². The molecule has 25 heavy (non-hydrogen) atoms. The summed E-state index contributed by atoms with van der Waals surface area (Å²) in [5.74, 6) is 0. The van der Waals surface area contributed by atoms with Crippen LogP contribution in [-0.4, -0.2) is 33.4 Å². The molecule has 0 bridgehead atoms. The van der Waals surface area contributed by atoms with E-state index >= 15 is 0 Å². The zero-order valence-corrected chi connectivity index (χ0v) is 15.3. The molecule has 2 aromatic carbocycles. The fourth-order valence-corrected chi connectivity index (χ4v) is 4.04. The van der Waals surface area contributed by atoms with Crippen LogP contribution in [0.4, 0.5) is 0 Å². The maximum atomic E-state index is 12.6. The Morgan fingerprint density at radius 3 is 2.52 bits per heavy atom. The highest BCUT2D eigenvalue weighted by Crippen LogP contribution is 2.28. The Morgan fingerprint density at radius 1 is 1.16 bits per heavy atom. The monoisotopic (exact) mass is 361 g/mol. The first kappa shape index (κ1) is 18.1. The Hall–Kier alpha value is -1.73. The minimum atomic E-state index is -3.88. The fraction of sp³-hybridized carbons (Fsp3) is 0.368. The Balaban J connectivity index is 1.82. The van der Waals surface area contributed by atoms with E-state index in [1.165, 1.54) is 0 Å². The van der Waals surface area contributed by atoms with Crippen LogP contribution in [0.5, 0.6) is 0 Å². The van der Waals surface area contributed by atoms with Gasteiger partial charge in [-0.2, -0.15) is 8.42 Å². The molecule has 2 unspecified atom stereocenters. The normalized spacial score (nSPS) is 24.2. The van der Waals surface area contributed by atoms with Crippen LogP contribution in [0.3, 0.4) is 0 Å². The Morgan fingerprint density at radius 2 is 1.84 bits per heavy atom. The molecule has 1 N–H and O–H groups in total. The lowest BCUT2D eigenvalue weighted by Gasteiger charge is -2.41. The van der Waals surface area contributed by atoms with E-state index in [0.717, 1.165) is 11.1 Å². The van der Waals surface area contributed by atoms with Crippen LogP contribution in [0.2, 0.25) is 0 Å². The van der Waals surface area contributed by atoms with Crippen molar-refractivity contribution < 1.29 is 17.3 Å². The molecule has 0 amide bonds. The van der Waals surface area contributed by atoms with Gasteiger partial charge in [0, 0.05) is 13.0 Å². The predicted molar refractivity (Wildman–Crippen MR) is 95.7 cm³/mol. The van der Waals surface area contributed by atoms with Crippen molar-refractivity contribution in [3.05, 3.63) is 65.7 Å². The summed E-state index contributed by atoms with van der Waals surface area (Å²) in [7, 11) is -3.88. The van der Waals surface area contributed by atoms with E-state index in [0.29, 0.717) is 19.6 Å². The molecule has 0 saturated carbocycles. The number of nitrogens with one attached hydrogen (secondary N) is 1. The first-order chi connectivity index (χ1) is 11.9. The van der Waals surface area contributed by atoms with E-state index < -0.39 is 21.9 Å². The minimum Gasteiger partial charge on any atom is -0.369 e. The third-order valence-corrected chi connectivity index (χ3v) is 5.64. The summed E-state index contributed by atoms with van der Waals surface area (Å²) in [4.78, 5) is 0.146. The minimum absolute atomic E-state index is 0.146. The molecule has 1 aliphatic heterocycles. The molecule has 3 rings (SSSR count). The summed E-state index contributed by atoms with van der Waals surface area (Å²) in [5, 5.41) is 3.14. The van der Waals surface area contributed by atoms with Crippen molar-refractivity contribution in [1.82, 2.24) is 5.32 Å². The van der Waals surface area contributed by atoms with Gasteiger partial charge in [0.15, 0.2) is 6.23 Å². The van der Waals surface area contributed by atoms with Crippen LogP contribution in [0.25, 0.3) is 0 Å². The lowest BCUT2D eigenvalue weighted by Crippen LogP contribution is -2.59. The summed E-state index contributed by atoms with van der Waals surface area (Å²) in [6, 6.07) is 16.5. The highest BCUT2D eigenvalue weighted by molar-refractivity contribution is 7.86. The average Bonchev–Trinajstić information content (AvgIpc) is 2.58. The molecule has 134 valence electrons. The van der Waals surface area contributed by atoms with E-state index in [2.05, 4.69) is 5.32 Å². The second-order valence-corrected chi connectivity index (χ2v) is 8.09. The first-order valence-electron chi connectivity index (χ1n) is 8.30. The lowest BCUT2D eigenvalue weighted by molar-refractivity contribution is -0.138. The zero-order chi connectivity index (χ0) is 17.9. The number of aryl methyl sites for hydroxylation is 1.